The van der Waals surface area contributed by atoms with Crippen molar-refractivity contribution in [2.24, 2.45) is 10.7 Å². The summed E-state index contributed by atoms with van der Waals surface area (Å²) < 4.78 is 0. The smallest absolute Gasteiger partial charge is 0.100 e. The Kier molecular flexibility index (Phi) is 10.2. The van der Waals surface area contributed by atoms with Crippen LogP contribution in [0, 0.1) is 0 Å². The van der Waals surface area contributed by atoms with E-state index in [0.717, 1.165) is 19.5 Å². The van der Waals surface area contributed by atoms with Gasteiger partial charge in [0, 0.05) is 13.0 Å². The molecule has 1 unspecified atom stereocenters. The summed E-state index contributed by atoms with van der Waals surface area (Å²) in [4.78, 5) is 6.83. The first-order valence-corrected chi connectivity index (χ1v) is 8.96. The molecule has 0 aromatic carbocycles. The summed E-state index contributed by atoms with van der Waals surface area (Å²) in [6.07, 6.45) is 17.7. The molecule has 3 nitrogen and oxygen atoms in total. The van der Waals surface area contributed by atoms with Gasteiger partial charge in [0.25, 0.3) is 0 Å². The Balaban J connectivity index is 1.92. The Morgan fingerprint density at radius 2 is 1.76 bits per heavy atom. The van der Waals surface area contributed by atoms with Gasteiger partial charge in [0.05, 0.1) is 12.7 Å². The minimum atomic E-state index is 0.116. The third-order valence-corrected chi connectivity index (χ3v) is 4.12. The molecule has 1 atom stereocenters. The van der Waals surface area contributed by atoms with E-state index in [4.69, 9.17) is 5.73 Å². The number of amidine groups is 1. The van der Waals surface area contributed by atoms with Gasteiger partial charge < -0.3 is 10.6 Å². The molecule has 0 aromatic rings. The van der Waals surface area contributed by atoms with Gasteiger partial charge in [-0.2, -0.15) is 0 Å². The van der Waals surface area contributed by atoms with Crippen LogP contribution in [0.5, 0.6) is 0 Å². The number of aliphatic imine (C=N–C) groups is 1. The normalized spacial score (nSPS) is 16.7. The molecule has 1 aliphatic heterocycles. The van der Waals surface area contributed by atoms with Crippen LogP contribution in [0.1, 0.15) is 78.1 Å². The van der Waals surface area contributed by atoms with Crippen molar-refractivity contribution in [1.82, 2.24) is 4.90 Å². The second kappa shape index (κ2) is 11.8. The van der Waals surface area contributed by atoms with Crippen LogP contribution in [0.15, 0.2) is 17.1 Å². The Morgan fingerprint density at radius 1 is 1.10 bits per heavy atom. The number of rotatable bonds is 12. The highest BCUT2D eigenvalue weighted by atomic mass is 15.3. The number of allylic oxidation sites excluding steroid dienone is 2. The number of unbranched alkanes of at least 4 members (excludes halogenated alkanes) is 7. The van der Waals surface area contributed by atoms with Crippen LogP contribution in [-0.4, -0.2) is 30.0 Å². The van der Waals surface area contributed by atoms with Crippen molar-refractivity contribution in [3.8, 4) is 0 Å². The summed E-state index contributed by atoms with van der Waals surface area (Å²) in [5.41, 5.74) is 5.96. The van der Waals surface area contributed by atoms with Crippen LogP contribution in [-0.2, 0) is 0 Å². The van der Waals surface area contributed by atoms with E-state index in [1.54, 1.807) is 0 Å². The lowest BCUT2D eigenvalue weighted by Crippen LogP contribution is -2.41. The van der Waals surface area contributed by atoms with Gasteiger partial charge >= 0.3 is 0 Å². The van der Waals surface area contributed by atoms with Crippen molar-refractivity contribution in [3.63, 3.8) is 0 Å². The summed E-state index contributed by atoms with van der Waals surface area (Å²) in [7, 11) is 0. The first-order chi connectivity index (χ1) is 10.3. The van der Waals surface area contributed by atoms with Crippen LogP contribution in [0.4, 0.5) is 0 Å². The second-order valence-electron chi connectivity index (χ2n) is 6.15. The van der Waals surface area contributed by atoms with E-state index in [1.807, 2.05) is 0 Å². The third kappa shape index (κ3) is 8.25. The van der Waals surface area contributed by atoms with Crippen molar-refractivity contribution in [2.45, 2.75) is 84.2 Å². The first-order valence-electron chi connectivity index (χ1n) is 8.96. The molecule has 0 bridgehead atoms. The van der Waals surface area contributed by atoms with Crippen molar-refractivity contribution < 1.29 is 0 Å². The SMILES string of the molecule is CCCC/C=C/CCCCCCCC1=NCCN1C(C)N. The molecule has 0 saturated carbocycles. The van der Waals surface area contributed by atoms with Gasteiger partial charge in [-0.1, -0.05) is 51.2 Å². The standard InChI is InChI=1S/C18H35N3/c1-3-4-5-6-7-8-9-10-11-12-13-14-18-20-15-16-21(18)17(2)19/h6-7,17H,3-5,8-16,19H2,1-2H3/b7-6+. The fourth-order valence-electron chi connectivity index (χ4n) is 2.80. The van der Waals surface area contributed by atoms with Crippen LogP contribution < -0.4 is 5.73 Å². The van der Waals surface area contributed by atoms with Crippen LogP contribution in [0.2, 0.25) is 0 Å². The number of nitrogens with zero attached hydrogens (tertiary/aromatic N) is 2. The maximum Gasteiger partial charge on any atom is 0.100 e. The van der Waals surface area contributed by atoms with E-state index < -0.39 is 0 Å². The minimum absolute atomic E-state index is 0.116. The lowest BCUT2D eigenvalue weighted by Gasteiger charge is -2.24. The molecular formula is C18H35N3. The maximum absolute atomic E-state index is 5.96. The Bertz CT molecular complexity index is 308. The highest BCUT2D eigenvalue weighted by Gasteiger charge is 2.18. The van der Waals surface area contributed by atoms with Crippen LogP contribution in [0.3, 0.4) is 0 Å². The molecular weight excluding hydrogens is 258 g/mol. The molecule has 0 spiro atoms. The molecule has 3 heteroatoms. The van der Waals surface area contributed by atoms with Crippen molar-refractivity contribution >= 4 is 5.84 Å². The fourth-order valence-corrected chi connectivity index (χ4v) is 2.80. The van der Waals surface area contributed by atoms with Crippen molar-refractivity contribution in [3.05, 3.63) is 12.2 Å². The van der Waals surface area contributed by atoms with Gasteiger partial charge in [-0.15, -0.1) is 0 Å². The lowest BCUT2D eigenvalue weighted by molar-refractivity contribution is 0.358. The van der Waals surface area contributed by atoms with E-state index >= 15 is 0 Å². The number of nitrogens with two attached hydrogens (primary N) is 1. The average molecular weight is 293 g/mol. The molecule has 0 saturated heterocycles. The van der Waals surface area contributed by atoms with E-state index in [0.29, 0.717) is 0 Å². The predicted molar refractivity (Wildman–Crippen MR) is 93.6 cm³/mol. The minimum Gasteiger partial charge on any atom is -0.343 e. The zero-order chi connectivity index (χ0) is 15.3. The van der Waals surface area contributed by atoms with E-state index in [1.165, 1.54) is 63.6 Å². The maximum atomic E-state index is 5.96. The number of hydrogen-bond donors (Lipinski definition) is 1. The van der Waals surface area contributed by atoms with Gasteiger partial charge in [0.1, 0.15) is 5.84 Å². The fraction of sp³-hybridized carbons (Fsp3) is 0.833. The molecule has 0 fully saturated rings. The first kappa shape index (κ1) is 18.2. The molecule has 0 amide bonds. The van der Waals surface area contributed by atoms with Crippen molar-refractivity contribution in [2.75, 3.05) is 13.1 Å². The molecule has 2 N–H and O–H groups in total. The zero-order valence-electron chi connectivity index (χ0n) is 14.2. The topological polar surface area (TPSA) is 41.6 Å². The summed E-state index contributed by atoms with van der Waals surface area (Å²) in [5, 5.41) is 0. The predicted octanol–water partition coefficient (Wildman–Crippen LogP) is 4.48. The summed E-state index contributed by atoms with van der Waals surface area (Å²) in [6, 6.07) is 0. The molecule has 1 aliphatic rings. The van der Waals surface area contributed by atoms with E-state index in [9.17, 15) is 0 Å². The van der Waals surface area contributed by atoms with E-state index in [-0.39, 0.29) is 6.17 Å². The number of hydrogen-bond acceptors (Lipinski definition) is 3. The molecule has 1 rings (SSSR count). The molecule has 122 valence electrons. The summed E-state index contributed by atoms with van der Waals surface area (Å²) in [5.74, 6) is 1.24. The Morgan fingerprint density at radius 3 is 2.48 bits per heavy atom. The monoisotopic (exact) mass is 293 g/mol. The quantitative estimate of drug-likeness (QED) is 0.426. The second-order valence-corrected chi connectivity index (χ2v) is 6.15. The van der Waals surface area contributed by atoms with Gasteiger partial charge in [0.15, 0.2) is 0 Å². The van der Waals surface area contributed by atoms with Crippen LogP contribution >= 0.6 is 0 Å². The van der Waals surface area contributed by atoms with Gasteiger partial charge in [0.2, 0.25) is 0 Å². The third-order valence-electron chi connectivity index (χ3n) is 4.12. The average Bonchev–Trinajstić information content (AvgIpc) is 2.93. The Labute approximate surface area is 131 Å². The molecule has 21 heavy (non-hydrogen) atoms. The highest BCUT2D eigenvalue weighted by Crippen LogP contribution is 2.13. The highest BCUT2D eigenvalue weighted by molar-refractivity contribution is 5.83. The summed E-state index contributed by atoms with van der Waals surface area (Å²) in [6.45, 7) is 6.24. The largest absolute Gasteiger partial charge is 0.343 e. The van der Waals surface area contributed by atoms with Gasteiger partial charge in [-0.25, -0.2) is 0 Å². The molecule has 0 aromatic heterocycles. The summed E-state index contributed by atoms with van der Waals surface area (Å²) >= 11 is 0. The molecule has 0 radical (unpaired) electrons. The van der Waals surface area contributed by atoms with Gasteiger partial charge in [-0.05, 0) is 32.6 Å². The Hall–Kier alpha value is -0.830. The lowest BCUT2D eigenvalue weighted by atomic mass is 10.1. The molecule has 1 heterocycles. The van der Waals surface area contributed by atoms with E-state index in [2.05, 4.69) is 35.9 Å². The zero-order valence-corrected chi connectivity index (χ0v) is 14.2. The van der Waals surface area contributed by atoms with Gasteiger partial charge in [-0.3, -0.25) is 4.99 Å². The molecule has 0 aliphatic carbocycles. The van der Waals surface area contributed by atoms with Crippen molar-refractivity contribution in [1.29, 1.82) is 0 Å². The van der Waals surface area contributed by atoms with Crippen LogP contribution in [0.25, 0.3) is 0 Å².